The van der Waals surface area contributed by atoms with Gasteiger partial charge in [-0.2, -0.15) is 0 Å². The first-order valence-corrected chi connectivity index (χ1v) is 1.82. The third-order valence-electron chi connectivity index (χ3n) is 0.488. The van der Waals surface area contributed by atoms with Gasteiger partial charge in [0.05, 0.1) is 0 Å². The first-order valence-electron chi connectivity index (χ1n) is 1.82. The molecule has 0 aliphatic heterocycles. The van der Waals surface area contributed by atoms with Crippen molar-refractivity contribution < 1.29 is 56.5 Å². The van der Waals surface area contributed by atoms with Gasteiger partial charge in [0, 0.05) is 6.07 Å². The smallest absolute Gasteiger partial charge is 0.572 e. The third-order valence-corrected chi connectivity index (χ3v) is 0.488. The van der Waals surface area contributed by atoms with Crippen LogP contribution in [-0.4, -0.2) is 5.11 Å². The van der Waals surface area contributed by atoms with Crippen molar-refractivity contribution in [3.8, 4) is 12.1 Å². The first-order chi connectivity index (χ1) is 3.85. The maximum atomic E-state index is 8.09. The van der Waals surface area contributed by atoms with Gasteiger partial charge in [-0.05, 0) is 6.26 Å². The summed E-state index contributed by atoms with van der Waals surface area (Å²) >= 11 is 0. The number of nitrogens with zero attached hydrogens (tertiary/aromatic N) is 2. The molecule has 0 spiro atoms. The number of hydrogen-bond acceptors (Lipinski definition) is 3. The molecule has 0 aromatic heterocycles. The van der Waals surface area contributed by atoms with Gasteiger partial charge in [0.25, 0.3) is 0 Å². The second kappa shape index (κ2) is 8.03. The Bertz CT molecular complexity index is 174. The minimum atomic E-state index is -0.0347. The van der Waals surface area contributed by atoms with Crippen molar-refractivity contribution in [2.45, 2.75) is 0 Å². The van der Waals surface area contributed by atoms with E-state index in [0.29, 0.717) is 6.26 Å². The molecule has 0 atom stereocenters. The van der Waals surface area contributed by atoms with E-state index in [-0.39, 0.29) is 57.0 Å². The molecule has 40 valence electrons. The van der Waals surface area contributed by atoms with Gasteiger partial charge in [0.1, 0.15) is 0 Å². The fourth-order valence-corrected chi connectivity index (χ4v) is 0.168. The Morgan fingerprint density at radius 2 is 2.11 bits per heavy atom. The third kappa shape index (κ3) is 5.90. The Hall–Kier alpha value is 0.0264. The van der Waals surface area contributed by atoms with E-state index in [1.807, 2.05) is 0 Å². The second-order valence-electron chi connectivity index (χ2n) is 0.970. The van der Waals surface area contributed by atoms with Crippen LogP contribution in [-0.2, 0) is 0 Å². The van der Waals surface area contributed by atoms with E-state index in [0.717, 1.165) is 6.42 Å². The number of nitriles is 2. The van der Waals surface area contributed by atoms with Crippen molar-refractivity contribution in [3.05, 3.63) is 18.3 Å². The van der Waals surface area contributed by atoms with Gasteiger partial charge < -0.3 is 5.11 Å². The van der Waals surface area contributed by atoms with Crippen LogP contribution in [0.4, 0.5) is 0 Å². The van der Waals surface area contributed by atoms with Gasteiger partial charge in [-0.25, -0.2) is 5.26 Å². The molecule has 0 aliphatic rings. The van der Waals surface area contributed by atoms with Crippen molar-refractivity contribution in [3.63, 3.8) is 0 Å². The molecule has 0 bridgehead atoms. The van der Waals surface area contributed by atoms with Crippen molar-refractivity contribution in [2.75, 3.05) is 0 Å². The van der Waals surface area contributed by atoms with Crippen LogP contribution in [0, 0.1) is 29.1 Å². The molecular formula is C5H3KN2O. The van der Waals surface area contributed by atoms with E-state index in [1.54, 1.807) is 12.1 Å². The number of allylic oxidation sites excluding steroid dienone is 1. The SMILES string of the molecule is N#C[CH-]C(C#N)=CO.[K+]. The predicted octanol–water partition coefficient (Wildman–Crippen LogP) is -2.32. The van der Waals surface area contributed by atoms with Crippen molar-refractivity contribution in [1.29, 1.82) is 10.5 Å². The molecule has 0 aliphatic carbocycles. The first kappa shape index (κ1) is 11.8. The van der Waals surface area contributed by atoms with Crippen LogP contribution >= 0.6 is 0 Å². The summed E-state index contributed by atoms with van der Waals surface area (Å²) in [6.07, 6.45) is 1.54. The zero-order chi connectivity index (χ0) is 6.41. The van der Waals surface area contributed by atoms with Crippen LogP contribution in [0.2, 0.25) is 0 Å². The van der Waals surface area contributed by atoms with Crippen LogP contribution in [0.1, 0.15) is 0 Å². The summed E-state index contributed by atoms with van der Waals surface area (Å²) in [5, 5.41) is 24.0. The van der Waals surface area contributed by atoms with E-state index >= 15 is 0 Å². The molecule has 0 heterocycles. The van der Waals surface area contributed by atoms with Crippen molar-refractivity contribution in [1.82, 2.24) is 0 Å². The minimum Gasteiger partial charge on any atom is -0.572 e. The monoisotopic (exact) mass is 146 g/mol. The molecule has 0 saturated carbocycles. The van der Waals surface area contributed by atoms with Gasteiger partial charge in [0.2, 0.25) is 0 Å². The van der Waals surface area contributed by atoms with Crippen molar-refractivity contribution >= 4 is 0 Å². The number of aliphatic hydroxyl groups excluding tert-OH is 1. The van der Waals surface area contributed by atoms with E-state index in [9.17, 15) is 0 Å². The molecule has 0 amide bonds. The van der Waals surface area contributed by atoms with Crippen LogP contribution in [0.25, 0.3) is 0 Å². The summed E-state index contributed by atoms with van der Waals surface area (Å²) < 4.78 is 0. The fraction of sp³-hybridized carbons (Fsp3) is 0. The Kier molecular flexibility index (Phi) is 10.5. The van der Waals surface area contributed by atoms with Crippen molar-refractivity contribution in [2.24, 2.45) is 0 Å². The van der Waals surface area contributed by atoms with E-state index in [4.69, 9.17) is 15.6 Å². The average molecular weight is 146 g/mol. The molecule has 0 radical (unpaired) electrons. The Morgan fingerprint density at radius 3 is 2.22 bits per heavy atom. The molecule has 0 aromatic rings. The minimum absolute atomic E-state index is 0. The Balaban J connectivity index is 0. The second-order valence-corrected chi connectivity index (χ2v) is 0.970. The largest absolute Gasteiger partial charge is 1.00 e. The Morgan fingerprint density at radius 1 is 1.56 bits per heavy atom. The molecule has 1 N–H and O–H groups in total. The van der Waals surface area contributed by atoms with Gasteiger partial charge in [-0.15, -0.1) is 0 Å². The molecule has 0 fully saturated rings. The number of hydrogen-bond donors (Lipinski definition) is 1. The maximum absolute atomic E-state index is 8.09. The summed E-state index contributed by atoms with van der Waals surface area (Å²) in [5.41, 5.74) is -0.0347. The summed E-state index contributed by atoms with van der Waals surface area (Å²) in [6, 6.07) is 3.18. The molecule has 0 unspecified atom stereocenters. The molecule has 4 heteroatoms. The van der Waals surface area contributed by atoms with Gasteiger partial charge in [-0.3, -0.25) is 5.26 Å². The Labute approximate surface area is 96.0 Å². The van der Waals surface area contributed by atoms with E-state index < -0.39 is 0 Å². The van der Waals surface area contributed by atoms with Crippen LogP contribution in [0.15, 0.2) is 11.8 Å². The summed E-state index contributed by atoms with van der Waals surface area (Å²) in [7, 11) is 0. The normalized spacial score (nSPS) is 8.00. The van der Waals surface area contributed by atoms with E-state index in [1.165, 1.54) is 0 Å². The average Bonchev–Trinajstić information content (AvgIpc) is 1.83. The summed E-state index contributed by atoms with van der Waals surface area (Å²) in [6.45, 7) is 0. The predicted molar refractivity (Wildman–Crippen MR) is 26.2 cm³/mol. The van der Waals surface area contributed by atoms with Gasteiger partial charge >= 0.3 is 51.4 Å². The summed E-state index contributed by atoms with van der Waals surface area (Å²) in [5.74, 6) is 0. The molecule has 0 rings (SSSR count). The van der Waals surface area contributed by atoms with E-state index in [2.05, 4.69) is 0 Å². The molecular weight excluding hydrogens is 143 g/mol. The zero-order valence-electron chi connectivity index (χ0n) is 5.00. The maximum Gasteiger partial charge on any atom is 1.00 e. The molecule has 0 saturated heterocycles. The topological polar surface area (TPSA) is 67.8 Å². The molecule has 9 heavy (non-hydrogen) atoms. The molecule has 0 aromatic carbocycles. The summed E-state index contributed by atoms with van der Waals surface area (Å²) in [4.78, 5) is 0. The van der Waals surface area contributed by atoms with Crippen LogP contribution in [0.3, 0.4) is 0 Å². The van der Waals surface area contributed by atoms with Crippen LogP contribution in [0.5, 0.6) is 0 Å². The van der Waals surface area contributed by atoms with Gasteiger partial charge in [0.15, 0.2) is 0 Å². The fourth-order valence-electron chi connectivity index (χ4n) is 0.168. The zero-order valence-corrected chi connectivity index (χ0v) is 8.12. The molecule has 3 nitrogen and oxygen atoms in total. The quantitative estimate of drug-likeness (QED) is 0.195. The van der Waals surface area contributed by atoms with Gasteiger partial charge in [-0.1, -0.05) is 18.1 Å². The van der Waals surface area contributed by atoms with Crippen LogP contribution < -0.4 is 51.4 Å². The number of aliphatic hydroxyl groups is 1. The standard InChI is InChI=1S/C5H3N2O.K/c6-2-1-5(3-7)4-8;/h1,4,8H;/q-1;+1. The number of rotatable bonds is 1.